The van der Waals surface area contributed by atoms with Gasteiger partial charge in [0.25, 0.3) is 0 Å². The van der Waals surface area contributed by atoms with Gasteiger partial charge in [0.1, 0.15) is 0 Å². The zero-order valence-corrected chi connectivity index (χ0v) is 11.4. The van der Waals surface area contributed by atoms with Gasteiger partial charge in [0.2, 0.25) is 11.8 Å². The standard InChI is InChI=1S/C13H25N3O2/c1-3-7-15-12(17)4-5-13(18)16-11-9-14-8-6-10(11)2/h10-11,14H,3-9H2,1-2H3,(H,15,17)(H,16,18). The fraction of sp³-hybridized carbons (Fsp3) is 0.846. The van der Waals surface area contributed by atoms with Crippen molar-refractivity contribution < 1.29 is 9.59 Å². The van der Waals surface area contributed by atoms with Gasteiger partial charge in [-0.3, -0.25) is 9.59 Å². The van der Waals surface area contributed by atoms with E-state index in [1.165, 1.54) is 0 Å². The smallest absolute Gasteiger partial charge is 0.220 e. The zero-order chi connectivity index (χ0) is 13.4. The van der Waals surface area contributed by atoms with Gasteiger partial charge < -0.3 is 16.0 Å². The molecule has 0 aromatic rings. The van der Waals surface area contributed by atoms with Gasteiger partial charge in [-0.2, -0.15) is 0 Å². The maximum atomic E-state index is 11.7. The maximum Gasteiger partial charge on any atom is 0.220 e. The summed E-state index contributed by atoms with van der Waals surface area (Å²) < 4.78 is 0. The van der Waals surface area contributed by atoms with Crippen LogP contribution < -0.4 is 16.0 Å². The van der Waals surface area contributed by atoms with E-state index in [1.807, 2.05) is 6.92 Å². The summed E-state index contributed by atoms with van der Waals surface area (Å²) in [5.41, 5.74) is 0. The molecule has 2 unspecified atom stereocenters. The van der Waals surface area contributed by atoms with Crippen LogP contribution in [0.1, 0.15) is 39.5 Å². The van der Waals surface area contributed by atoms with Crippen molar-refractivity contribution in [3.8, 4) is 0 Å². The fourth-order valence-electron chi connectivity index (χ4n) is 2.04. The number of piperidine rings is 1. The van der Waals surface area contributed by atoms with Crippen molar-refractivity contribution in [2.24, 2.45) is 5.92 Å². The Bertz CT molecular complexity index is 281. The van der Waals surface area contributed by atoms with Gasteiger partial charge in [0.05, 0.1) is 0 Å². The predicted octanol–water partition coefficient (Wildman–Crippen LogP) is 0.407. The summed E-state index contributed by atoms with van der Waals surface area (Å²) in [4.78, 5) is 23.1. The van der Waals surface area contributed by atoms with E-state index in [0.29, 0.717) is 12.5 Å². The quantitative estimate of drug-likeness (QED) is 0.644. The lowest BCUT2D eigenvalue weighted by molar-refractivity contribution is -0.127. The number of hydrogen-bond acceptors (Lipinski definition) is 3. The van der Waals surface area contributed by atoms with Crippen molar-refractivity contribution in [3.05, 3.63) is 0 Å². The summed E-state index contributed by atoms with van der Waals surface area (Å²) >= 11 is 0. The van der Waals surface area contributed by atoms with Gasteiger partial charge in [-0.25, -0.2) is 0 Å². The van der Waals surface area contributed by atoms with Gasteiger partial charge >= 0.3 is 0 Å². The SMILES string of the molecule is CCCNC(=O)CCC(=O)NC1CNCCC1C. The third-order valence-electron chi connectivity index (χ3n) is 3.33. The summed E-state index contributed by atoms with van der Waals surface area (Å²) in [6, 6.07) is 0.199. The second-order valence-corrected chi connectivity index (χ2v) is 4.99. The molecule has 3 N–H and O–H groups in total. The minimum Gasteiger partial charge on any atom is -0.356 e. The highest BCUT2D eigenvalue weighted by molar-refractivity contribution is 5.83. The molecule has 1 rings (SSSR count). The Balaban J connectivity index is 2.18. The Morgan fingerprint density at radius 2 is 2.00 bits per heavy atom. The molecule has 1 saturated heterocycles. The van der Waals surface area contributed by atoms with Gasteiger partial charge in [0.15, 0.2) is 0 Å². The molecule has 2 amide bonds. The van der Waals surface area contributed by atoms with Gasteiger partial charge in [-0.1, -0.05) is 13.8 Å². The zero-order valence-electron chi connectivity index (χ0n) is 11.4. The fourth-order valence-corrected chi connectivity index (χ4v) is 2.04. The number of hydrogen-bond donors (Lipinski definition) is 3. The van der Waals surface area contributed by atoms with Gasteiger partial charge in [0, 0.05) is 32.0 Å². The molecule has 104 valence electrons. The first-order chi connectivity index (χ1) is 8.63. The van der Waals surface area contributed by atoms with Crippen LogP contribution in [0.4, 0.5) is 0 Å². The maximum absolute atomic E-state index is 11.7. The van der Waals surface area contributed by atoms with Crippen LogP contribution in [0.3, 0.4) is 0 Å². The molecule has 0 aliphatic carbocycles. The van der Waals surface area contributed by atoms with E-state index < -0.39 is 0 Å². The van der Waals surface area contributed by atoms with Crippen molar-refractivity contribution in [3.63, 3.8) is 0 Å². The van der Waals surface area contributed by atoms with Crippen molar-refractivity contribution in [2.75, 3.05) is 19.6 Å². The molecule has 0 radical (unpaired) electrons. The molecule has 1 heterocycles. The molecule has 18 heavy (non-hydrogen) atoms. The molecule has 0 spiro atoms. The Morgan fingerprint density at radius 1 is 1.28 bits per heavy atom. The molecule has 1 aliphatic rings. The minimum atomic E-state index is -0.0400. The Morgan fingerprint density at radius 3 is 2.67 bits per heavy atom. The first-order valence-corrected chi connectivity index (χ1v) is 6.90. The molecule has 5 heteroatoms. The van der Waals surface area contributed by atoms with Crippen LogP contribution in [-0.4, -0.2) is 37.5 Å². The number of amides is 2. The minimum absolute atomic E-state index is 0.0257. The second kappa shape index (κ2) is 8.08. The molecule has 1 fully saturated rings. The van der Waals surface area contributed by atoms with E-state index >= 15 is 0 Å². The van der Waals surface area contributed by atoms with E-state index in [2.05, 4.69) is 22.9 Å². The van der Waals surface area contributed by atoms with Crippen LogP contribution in [0.2, 0.25) is 0 Å². The summed E-state index contributed by atoms with van der Waals surface area (Å²) in [5.74, 6) is 0.438. The van der Waals surface area contributed by atoms with Crippen LogP contribution in [0.5, 0.6) is 0 Å². The molecule has 0 bridgehead atoms. The lowest BCUT2D eigenvalue weighted by atomic mass is 9.94. The second-order valence-electron chi connectivity index (χ2n) is 4.99. The Labute approximate surface area is 109 Å². The molecule has 0 saturated carbocycles. The molecule has 5 nitrogen and oxygen atoms in total. The average molecular weight is 255 g/mol. The summed E-state index contributed by atoms with van der Waals surface area (Å²) in [7, 11) is 0. The van der Waals surface area contributed by atoms with Crippen molar-refractivity contribution in [2.45, 2.75) is 45.6 Å². The highest BCUT2D eigenvalue weighted by Gasteiger charge is 2.22. The summed E-state index contributed by atoms with van der Waals surface area (Å²) in [6.07, 6.45) is 2.56. The number of nitrogens with one attached hydrogen (secondary N) is 3. The van der Waals surface area contributed by atoms with Crippen molar-refractivity contribution >= 4 is 11.8 Å². The normalized spacial score (nSPS) is 23.4. The first kappa shape index (κ1) is 15.0. The number of rotatable bonds is 6. The van der Waals surface area contributed by atoms with Crippen LogP contribution >= 0.6 is 0 Å². The van der Waals surface area contributed by atoms with Crippen molar-refractivity contribution in [1.29, 1.82) is 0 Å². The highest BCUT2D eigenvalue weighted by Crippen LogP contribution is 2.11. The molecular formula is C13H25N3O2. The Kier molecular flexibility index (Phi) is 6.72. The van der Waals surface area contributed by atoms with Gasteiger partial charge in [-0.05, 0) is 25.3 Å². The number of carbonyl (C=O) groups excluding carboxylic acids is 2. The third-order valence-corrected chi connectivity index (χ3v) is 3.33. The monoisotopic (exact) mass is 255 g/mol. The number of carbonyl (C=O) groups is 2. The molecule has 0 aromatic carbocycles. The van der Waals surface area contributed by atoms with E-state index in [-0.39, 0.29) is 30.7 Å². The molecule has 1 aliphatic heterocycles. The molecular weight excluding hydrogens is 230 g/mol. The topological polar surface area (TPSA) is 70.2 Å². The highest BCUT2D eigenvalue weighted by atomic mass is 16.2. The largest absolute Gasteiger partial charge is 0.356 e. The average Bonchev–Trinajstić information content (AvgIpc) is 2.36. The van der Waals surface area contributed by atoms with E-state index in [0.717, 1.165) is 25.9 Å². The molecule has 0 aromatic heterocycles. The Hall–Kier alpha value is -1.10. The summed E-state index contributed by atoms with van der Waals surface area (Å²) in [6.45, 7) is 6.69. The van der Waals surface area contributed by atoms with E-state index in [4.69, 9.17) is 0 Å². The third kappa shape index (κ3) is 5.49. The van der Waals surface area contributed by atoms with Crippen LogP contribution in [0.15, 0.2) is 0 Å². The van der Waals surface area contributed by atoms with Gasteiger partial charge in [-0.15, -0.1) is 0 Å². The van der Waals surface area contributed by atoms with Crippen LogP contribution in [0, 0.1) is 5.92 Å². The summed E-state index contributed by atoms with van der Waals surface area (Å²) in [5, 5.41) is 9.04. The van der Waals surface area contributed by atoms with E-state index in [9.17, 15) is 9.59 Å². The lowest BCUT2D eigenvalue weighted by Gasteiger charge is -2.30. The van der Waals surface area contributed by atoms with Crippen LogP contribution in [-0.2, 0) is 9.59 Å². The molecule has 2 atom stereocenters. The van der Waals surface area contributed by atoms with Crippen LogP contribution in [0.25, 0.3) is 0 Å². The lowest BCUT2D eigenvalue weighted by Crippen LogP contribution is -2.50. The van der Waals surface area contributed by atoms with E-state index in [1.54, 1.807) is 0 Å². The van der Waals surface area contributed by atoms with Crippen molar-refractivity contribution in [1.82, 2.24) is 16.0 Å². The first-order valence-electron chi connectivity index (χ1n) is 6.90. The predicted molar refractivity (Wildman–Crippen MR) is 71.1 cm³/mol.